The van der Waals surface area contributed by atoms with Crippen LogP contribution in [0.1, 0.15) is 26.3 Å². The Balaban J connectivity index is 2.55. The molecule has 1 rings (SSSR count). The minimum Gasteiger partial charge on any atom is -0.504 e. The van der Waals surface area contributed by atoms with Crippen LogP contribution in [0, 0.1) is 0 Å². The largest absolute Gasteiger partial charge is 0.504 e. The number of hydrazone groups is 1. The molecule has 0 atom stereocenters. The maximum atomic E-state index is 9.29. The smallest absolute Gasteiger partial charge is 0.187 e. The quantitative estimate of drug-likeness (QED) is 0.284. The summed E-state index contributed by atoms with van der Waals surface area (Å²) in [6.07, 6.45) is 1.50. The van der Waals surface area contributed by atoms with Gasteiger partial charge in [0.15, 0.2) is 16.6 Å². The van der Waals surface area contributed by atoms with Crippen molar-refractivity contribution in [3.8, 4) is 11.5 Å². The molecule has 98 valence electrons. The highest BCUT2D eigenvalue weighted by molar-refractivity contribution is 7.80. The summed E-state index contributed by atoms with van der Waals surface area (Å²) in [6, 6.07) is 4.42. The maximum absolute atomic E-state index is 9.29. The van der Waals surface area contributed by atoms with E-state index in [1.807, 2.05) is 20.8 Å². The van der Waals surface area contributed by atoms with Gasteiger partial charge in [0.1, 0.15) is 0 Å². The van der Waals surface area contributed by atoms with E-state index in [0.29, 0.717) is 10.7 Å². The predicted molar refractivity (Wildman–Crippen MR) is 76.0 cm³/mol. The highest BCUT2D eigenvalue weighted by Gasteiger charge is 2.09. The van der Waals surface area contributed by atoms with Crippen LogP contribution >= 0.6 is 12.2 Å². The van der Waals surface area contributed by atoms with Crippen LogP contribution in [0.15, 0.2) is 23.3 Å². The number of nitrogens with one attached hydrogen (secondary N) is 2. The third-order valence-corrected chi connectivity index (χ3v) is 2.06. The second-order valence-corrected chi connectivity index (χ2v) is 5.23. The molecular formula is C12H17N3O2S. The Bertz CT molecular complexity index is 467. The lowest BCUT2D eigenvalue weighted by atomic mass is 10.1. The van der Waals surface area contributed by atoms with Crippen molar-refractivity contribution < 1.29 is 10.2 Å². The normalized spacial score (nSPS) is 11.5. The van der Waals surface area contributed by atoms with Gasteiger partial charge in [0.05, 0.1) is 6.21 Å². The first-order chi connectivity index (χ1) is 8.28. The van der Waals surface area contributed by atoms with Crippen LogP contribution in [0.25, 0.3) is 0 Å². The van der Waals surface area contributed by atoms with Crippen LogP contribution in [0.5, 0.6) is 11.5 Å². The van der Waals surface area contributed by atoms with E-state index in [4.69, 9.17) is 17.3 Å². The van der Waals surface area contributed by atoms with Gasteiger partial charge in [-0.3, -0.25) is 5.43 Å². The number of aromatic hydroxyl groups is 2. The molecule has 0 amide bonds. The van der Waals surface area contributed by atoms with Crippen LogP contribution in [0.2, 0.25) is 0 Å². The summed E-state index contributed by atoms with van der Waals surface area (Å²) in [7, 11) is 0. The first-order valence-electron chi connectivity index (χ1n) is 5.41. The summed E-state index contributed by atoms with van der Waals surface area (Å²) in [5.74, 6) is -0.348. The van der Waals surface area contributed by atoms with Crippen molar-refractivity contribution in [3.63, 3.8) is 0 Å². The van der Waals surface area contributed by atoms with E-state index < -0.39 is 0 Å². The molecule has 0 aliphatic rings. The van der Waals surface area contributed by atoms with Crippen molar-refractivity contribution >= 4 is 23.5 Å². The van der Waals surface area contributed by atoms with E-state index in [-0.39, 0.29) is 17.0 Å². The summed E-state index contributed by atoms with van der Waals surface area (Å²) in [6.45, 7) is 5.97. The number of thiocarbonyl (C=S) groups is 1. The average molecular weight is 267 g/mol. The lowest BCUT2D eigenvalue weighted by Crippen LogP contribution is -2.44. The van der Waals surface area contributed by atoms with E-state index in [0.717, 1.165) is 0 Å². The Kier molecular flexibility index (Phi) is 4.49. The molecule has 0 spiro atoms. The third kappa shape index (κ3) is 5.01. The zero-order valence-corrected chi connectivity index (χ0v) is 11.4. The van der Waals surface area contributed by atoms with E-state index in [1.54, 1.807) is 6.07 Å². The fraction of sp³-hybridized carbons (Fsp3) is 0.333. The average Bonchev–Trinajstić information content (AvgIpc) is 2.20. The Morgan fingerprint density at radius 2 is 1.94 bits per heavy atom. The summed E-state index contributed by atoms with van der Waals surface area (Å²) in [4.78, 5) is 0. The summed E-state index contributed by atoms with van der Waals surface area (Å²) < 4.78 is 0. The van der Waals surface area contributed by atoms with Crippen molar-refractivity contribution in [2.24, 2.45) is 5.10 Å². The molecule has 6 heteroatoms. The summed E-state index contributed by atoms with van der Waals surface area (Å²) >= 11 is 5.04. The Morgan fingerprint density at radius 3 is 2.50 bits per heavy atom. The summed E-state index contributed by atoms with van der Waals surface area (Å²) in [5.41, 5.74) is 3.19. The Labute approximate surface area is 112 Å². The second kappa shape index (κ2) is 5.68. The second-order valence-electron chi connectivity index (χ2n) is 4.82. The molecule has 0 bridgehead atoms. The van der Waals surface area contributed by atoms with Gasteiger partial charge in [0.25, 0.3) is 0 Å². The maximum Gasteiger partial charge on any atom is 0.187 e. The molecule has 18 heavy (non-hydrogen) atoms. The van der Waals surface area contributed by atoms with Crippen LogP contribution in [-0.4, -0.2) is 27.1 Å². The molecule has 0 fully saturated rings. The molecule has 4 N–H and O–H groups in total. The van der Waals surface area contributed by atoms with Gasteiger partial charge in [-0.1, -0.05) is 0 Å². The number of nitrogens with zero attached hydrogens (tertiary/aromatic N) is 1. The molecule has 0 saturated heterocycles. The van der Waals surface area contributed by atoms with Gasteiger partial charge in [0, 0.05) is 5.54 Å². The van der Waals surface area contributed by atoms with Gasteiger partial charge in [-0.25, -0.2) is 0 Å². The van der Waals surface area contributed by atoms with Gasteiger partial charge in [0.2, 0.25) is 0 Å². The predicted octanol–water partition coefficient (Wildman–Crippen LogP) is 1.69. The van der Waals surface area contributed by atoms with Gasteiger partial charge >= 0.3 is 0 Å². The zero-order chi connectivity index (χ0) is 13.8. The van der Waals surface area contributed by atoms with Gasteiger partial charge in [-0.2, -0.15) is 5.10 Å². The van der Waals surface area contributed by atoms with E-state index in [2.05, 4.69) is 15.8 Å². The van der Waals surface area contributed by atoms with Crippen molar-refractivity contribution in [3.05, 3.63) is 23.8 Å². The number of benzene rings is 1. The van der Waals surface area contributed by atoms with Crippen LogP contribution < -0.4 is 10.7 Å². The van der Waals surface area contributed by atoms with Gasteiger partial charge in [-0.05, 0) is 56.8 Å². The fourth-order valence-corrected chi connectivity index (χ4v) is 1.51. The van der Waals surface area contributed by atoms with Crippen LogP contribution in [0.3, 0.4) is 0 Å². The van der Waals surface area contributed by atoms with Gasteiger partial charge in [-0.15, -0.1) is 0 Å². The monoisotopic (exact) mass is 267 g/mol. The lowest BCUT2D eigenvalue weighted by molar-refractivity contribution is 0.403. The van der Waals surface area contributed by atoms with Crippen molar-refractivity contribution in [2.45, 2.75) is 26.3 Å². The number of hydrogen-bond acceptors (Lipinski definition) is 4. The fourth-order valence-electron chi connectivity index (χ4n) is 1.15. The molecule has 0 aromatic heterocycles. The molecule has 0 radical (unpaired) electrons. The molecule has 1 aromatic rings. The van der Waals surface area contributed by atoms with E-state index >= 15 is 0 Å². The molecule has 5 nitrogen and oxygen atoms in total. The highest BCUT2D eigenvalue weighted by Crippen LogP contribution is 2.23. The van der Waals surface area contributed by atoms with Crippen LogP contribution in [0.4, 0.5) is 0 Å². The van der Waals surface area contributed by atoms with Gasteiger partial charge < -0.3 is 15.5 Å². The molecule has 0 aliphatic heterocycles. The molecule has 0 saturated carbocycles. The number of phenolic OH excluding ortho intramolecular Hbond substituents is 2. The van der Waals surface area contributed by atoms with Crippen molar-refractivity contribution in [1.82, 2.24) is 10.7 Å². The Hall–Kier alpha value is -1.82. The third-order valence-electron chi connectivity index (χ3n) is 1.87. The SMILES string of the molecule is CC(C)(C)NC(=S)NN=Cc1ccc(O)c(O)c1. The van der Waals surface area contributed by atoms with Crippen molar-refractivity contribution in [1.29, 1.82) is 0 Å². The number of hydrogen-bond donors (Lipinski definition) is 4. The zero-order valence-electron chi connectivity index (χ0n) is 10.6. The highest BCUT2D eigenvalue weighted by atomic mass is 32.1. The minimum absolute atomic E-state index is 0.129. The molecule has 1 aromatic carbocycles. The lowest BCUT2D eigenvalue weighted by Gasteiger charge is -2.21. The van der Waals surface area contributed by atoms with Crippen LogP contribution in [-0.2, 0) is 0 Å². The first kappa shape index (κ1) is 14.2. The minimum atomic E-state index is -0.186. The molecular weight excluding hydrogens is 250 g/mol. The van der Waals surface area contributed by atoms with Crippen molar-refractivity contribution in [2.75, 3.05) is 0 Å². The standard InChI is InChI=1S/C12H17N3O2S/c1-12(2,3)14-11(18)15-13-7-8-4-5-9(16)10(17)6-8/h4-7,16-17H,1-3H3,(H2,14,15,18). The molecule has 0 aliphatic carbocycles. The van der Waals surface area contributed by atoms with E-state index in [9.17, 15) is 5.11 Å². The summed E-state index contributed by atoms with van der Waals surface area (Å²) in [5, 5.41) is 25.8. The Morgan fingerprint density at radius 1 is 1.28 bits per heavy atom. The molecule has 0 unspecified atom stereocenters. The first-order valence-corrected chi connectivity index (χ1v) is 5.82. The topological polar surface area (TPSA) is 76.9 Å². The molecule has 0 heterocycles. The number of rotatable bonds is 2. The van der Waals surface area contributed by atoms with E-state index in [1.165, 1.54) is 18.3 Å². The number of phenols is 2.